The normalized spacial score (nSPS) is 13.1. The van der Waals surface area contributed by atoms with E-state index in [1.807, 2.05) is 85.9 Å². The minimum absolute atomic E-state index is 0.224. The van der Waals surface area contributed by atoms with E-state index in [-0.39, 0.29) is 16.2 Å². The van der Waals surface area contributed by atoms with Gasteiger partial charge in [0.25, 0.3) is 11.1 Å². The molecule has 9 nitrogen and oxygen atoms in total. The fourth-order valence-electron chi connectivity index (χ4n) is 4.71. The van der Waals surface area contributed by atoms with E-state index < -0.39 is 5.56 Å². The number of rotatable bonds is 5. The van der Waals surface area contributed by atoms with E-state index in [1.165, 1.54) is 4.52 Å². The van der Waals surface area contributed by atoms with Gasteiger partial charge in [-0.2, -0.15) is 19.7 Å². The number of thiazole rings is 1. The smallest absolute Gasteiger partial charge is 0.296 e. The average Bonchev–Trinajstić information content (AvgIpc) is 3.55. The van der Waals surface area contributed by atoms with Crippen LogP contribution in [0.2, 0.25) is 0 Å². The van der Waals surface area contributed by atoms with E-state index in [4.69, 9.17) is 14.6 Å². The van der Waals surface area contributed by atoms with Gasteiger partial charge in [0, 0.05) is 23.7 Å². The van der Waals surface area contributed by atoms with E-state index in [1.54, 1.807) is 10.8 Å². The van der Waals surface area contributed by atoms with E-state index in [2.05, 4.69) is 10.1 Å². The molecule has 0 aliphatic carbocycles. The molecule has 1 aliphatic rings. The molecule has 41 heavy (non-hydrogen) atoms. The SMILES string of the molecule is Cc1ccc(Cc2nn3c(=O)/c(=C/c4cn(-c5ccccc5)nc4-c4ccc5c(c4)OCCO5)sc3nc2=O)cc1. The van der Waals surface area contributed by atoms with Crippen molar-refractivity contribution in [1.29, 1.82) is 0 Å². The minimum atomic E-state index is -0.438. The zero-order valence-corrected chi connectivity index (χ0v) is 22.8. The Morgan fingerprint density at radius 3 is 2.51 bits per heavy atom. The van der Waals surface area contributed by atoms with Gasteiger partial charge in [0.1, 0.15) is 24.6 Å². The summed E-state index contributed by atoms with van der Waals surface area (Å²) in [6.45, 7) is 2.98. The molecule has 3 aromatic heterocycles. The molecule has 0 saturated heterocycles. The predicted molar refractivity (Wildman–Crippen MR) is 156 cm³/mol. The van der Waals surface area contributed by atoms with Crippen molar-refractivity contribution in [2.24, 2.45) is 0 Å². The maximum Gasteiger partial charge on any atom is 0.296 e. The van der Waals surface area contributed by atoms with Crippen LogP contribution in [0.1, 0.15) is 22.4 Å². The number of nitrogens with zero attached hydrogens (tertiary/aromatic N) is 5. The molecule has 3 aromatic carbocycles. The topological polar surface area (TPSA) is 101 Å². The van der Waals surface area contributed by atoms with Crippen LogP contribution < -0.4 is 25.1 Å². The van der Waals surface area contributed by atoms with Crippen molar-refractivity contribution in [3.05, 3.63) is 127 Å². The van der Waals surface area contributed by atoms with Gasteiger partial charge in [-0.25, -0.2) is 4.68 Å². The molecule has 0 unspecified atom stereocenters. The second-order valence-corrected chi connectivity index (χ2v) is 10.7. The highest BCUT2D eigenvalue weighted by atomic mass is 32.1. The largest absolute Gasteiger partial charge is 0.486 e. The van der Waals surface area contributed by atoms with Crippen LogP contribution in [0.25, 0.3) is 28.0 Å². The van der Waals surface area contributed by atoms with Crippen molar-refractivity contribution in [2.45, 2.75) is 13.3 Å². The Bertz CT molecular complexity index is 2080. The quantitative estimate of drug-likeness (QED) is 0.317. The maximum atomic E-state index is 13.5. The monoisotopic (exact) mass is 561 g/mol. The van der Waals surface area contributed by atoms with Crippen LogP contribution in [-0.2, 0) is 6.42 Å². The zero-order valence-electron chi connectivity index (χ0n) is 22.0. The lowest BCUT2D eigenvalue weighted by Crippen LogP contribution is -2.28. The Morgan fingerprint density at radius 2 is 1.71 bits per heavy atom. The van der Waals surface area contributed by atoms with Crippen molar-refractivity contribution >= 4 is 22.4 Å². The highest BCUT2D eigenvalue weighted by molar-refractivity contribution is 7.15. The van der Waals surface area contributed by atoms with Crippen LogP contribution in [0, 0.1) is 6.92 Å². The lowest BCUT2D eigenvalue weighted by Gasteiger charge is -2.18. The lowest BCUT2D eigenvalue weighted by molar-refractivity contribution is 0.171. The number of fused-ring (bicyclic) bond motifs is 2. The predicted octanol–water partition coefficient (Wildman–Crippen LogP) is 3.58. The van der Waals surface area contributed by atoms with Crippen LogP contribution in [0.4, 0.5) is 0 Å². The molecule has 1 aliphatic heterocycles. The molecular weight excluding hydrogens is 538 g/mol. The fraction of sp³-hybridized carbons (Fsp3) is 0.129. The summed E-state index contributed by atoms with van der Waals surface area (Å²) in [5, 5.41) is 9.27. The molecule has 202 valence electrons. The average molecular weight is 562 g/mol. The molecular formula is C31H23N5O4S. The summed E-state index contributed by atoms with van der Waals surface area (Å²) < 4.78 is 14.9. The highest BCUT2D eigenvalue weighted by Crippen LogP contribution is 2.35. The lowest BCUT2D eigenvalue weighted by atomic mass is 10.1. The fourth-order valence-corrected chi connectivity index (χ4v) is 5.61. The van der Waals surface area contributed by atoms with Gasteiger partial charge in [0.2, 0.25) is 4.96 Å². The summed E-state index contributed by atoms with van der Waals surface area (Å²) in [6, 6.07) is 23.3. The molecule has 0 amide bonds. The standard InChI is InChI=1S/C31H23N5O4S/c1-19-7-9-20(10-8-19)15-24-29(37)32-31-36(33-24)30(38)27(41-31)17-22-18-35(23-5-3-2-4-6-23)34-28(22)21-11-12-25-26(16-21)40-14-13-39-25/h2-12,16-18H,13-15H2,1H3/b27-17-. The Labute approximate surface area is 237 Å². The van der Waals surface area contributed by atoms with Crippen LogP contribution in [0.3, 0.4) is 0 Å². The minimum Gasteiger partial charge on any atom is -0.486 e. The van der Waals surface area contributed by atoms with Gasteiger partial charge in [-0.05, 0) is 48.9 Å². The molecule has 0 bridgehead atoms. The Hall–Kier alpha value is -5.09. The Kier molecular flexibility index (Phi) is 6.16. The first-order valence-corrected chi connectivity index (χ1v) is 13.9. The second-order valence-electron chi connectivity index (χ2n) is 9.71. The van der Waals surface area contributed by atoms with Crippen molar-refractivity contribution in [3.63, 3.8) is 0 Å². The van der Waals surface area contributed by atoms with Crippen molar-refractivity contribution in [3.8, 4) is 28.4 Å². The Morgan fingerprint density at radius 1 is 0.927 bits per heavy atom. The number of benzene rings is 3. The molecule has 0 spiro atoms. The van der Waals surface area contributed by atoms with Crippen LogP contribution >= 0.6 is 11.3 Å². The molecule has 7 rings (SSSR count). The van der Waals surface area contributed by atoms with Crippen LogP contribution in [-0.4, -0.2) is 37.6 Å². The Balaban J connectivity index is 1.35. The molecule has 0 fully saturated rings. The summed E-state index contributed by atoms with van der Waals surface area (Å²) in [5.74, 6) is 1.33. The first-order valence-electron chi connectivity index (χ1n) is 13.1. The first-order chi connectivity index (χ1) is 20.0. The third-order valence-electron chi connectivity index (χ3n) is 6.81. The number of hydrogen-bond acceptors (Lipinski definition) is 8. The van der Waals surface area contributed by atoms with Gasteiger partial charge < -0.3 is 9.47 Å². The third kappa shape index (κ3) is 4.78. The van der Waals surface area contributed by atoms with Crippen molar-refractivity contribution < 1.29 is 9.47 Å². The molecule has 0 atom stereocenters. The zero-order chi connectivity index (χ0) is 27.9. The molecule has 0 saturated carbocycles. The van der Waals surface area contributed by atoms with Gasteiger partial charge in [-0.1, -0.05) is 59.4 Å². The molecule has 0 N–H and O–H groups in total. The summed E-state index contributed by atoms with van der Waals surface area (Å²) in [4.78, 5) is 30.7. The summed E-state index contributed by atoms with van der Waals surface area (Å²) in [6.07, 6.45) is 3.94. The van der Waals surface area contributed by atoms with E-state index in [0.29, 0.717) is 41.4 Å². The molecule has 6 aromatic rings. The van der Waals surface area contributed by atoms with Gasteiger partial charge in [-0.3, -0.25) is 9.59 Å². The van der Waals surface area contributed by atoms with E-state index in [9.17, 15) is 9.59 Å². The van der Waals surface area contributed by atoms with Crippen LogP contribution in [0.5, 0.6) is 11.5 Å². The van der Waals surface area contributed by atoms with Crippen LogP contribution in [0.15, 0.2) is 88.6 Å². The first kappa shape index (κ1) is 24.9. The third-order valence-corrected chi connectivity index (χ3v) is 7.77. The highest BCUT2D eigenvalue weighted by Gasteiger charge is 2.18. The summed E-state index contributed by atoms with van der Waals surface area (Å²) in [7, 11) is 0. The molecule has 4 heterocycles. The second kappa shape index (κ2) is 10.1. The van der Waals surface area contributed by atoms with E-state index in [0.717, 1.165) is 39.3 Å². The van der Waals surface area contributed by atoms with E-state index >= 15 is 0 Å². The summed E-state index contributed by atoms with van der Waals surface area (Å²) in [5.41, 5.74) is 4.56. The number of aromatic nitrogens is 5. The maximum absolute atomic E-state index is 13.5. The molecule has 0 radical (unpaired) electrons. The van der Waals surface area contributed by atoms with Gasteiger partial charge >= 0.3 is 0 Å². The number of aryl methyl sites for hydroxylation is 1. The number of para-hydroxylation sites is 1. The number of hydrogen-bond donors (Lipinski definition) is 0. The van der Waals surface area contributed by atoms with Gasteiger partial charge in [0.15, 0.2) is 11.5 Å². The molecule has 10 heteroatoms. The van der Waals surface area contributed by atoms with Crippen molar-refractivity contribution in [1.82, 2.24) is 24.4 Å². The van der Waals surface area contributed by atoms with Gasteiger partial charge in [0.05, 0.1) is 10.2 Å². The van der Waals surface area contributed by atoms with Crippen molar-refractivity contribution in [2.75, 3.05) is 13.2 Å². The summed E-state index contributed by atoms with van der Waals surface area (Å²) >= 11 is 1.12. The number of ether oxygens (including phenoxy) is 2. The van der Waals surface area contributed by atoms with Gasteiger partial charge in [-0.15, -0.1) is 0 Å².